The second-order valence-corrected chi connectivity index (χ2v) is 5.59. The summed E-state index contributed by atoms with van der Waals surface area (Å²) in [6, 6.07) is 1.83. The van der Waals surface area contributed by atoms with Gasteiger partial charge in [0.1, 0.15) is 0 Å². The van der Waals surface area contributed by atoms with Crippen molar-refractivity contribution in [1.29, 1.82) is 0 Å². The van der Waals surface area contributed by atoms with E-state index in [0.717, 1.165) is 12.8 Å². The Morgan fingerprint density at radius 1 is 1.18 bits per heavy atom. The second-order valence-electron chi connectivity index (χ2n) is 4.67. The van der Waals surface area contributed by atoms with Gasteiger partial charge >= 0.3 is 0 Å². The molecule has 0 spiro atoms. The maximum Gasteiger partial charge on any atom is 0.166 e. The fourth-order valence-electron chi connectivity index (χ4n) is 2.31. The zero-order chi connectivity index (χ0) is 12.1. The summed E-state index contributed by atoms with van der Waals surface area (Å²) in [5.41, 5.74) is 0. The number of hydrogen-bond donors (Lipinski definition) is 1. The number of rotatable bonds is 2. The van der Waals surface area contributed by atoms with Crippen molar-refractivity contribution in [1.82, 2.24) is 4.98 Å². The van der Waals surface area contributed by atoms with E-state index in [-0.39, 0.29) is 5.82 Å². The molecular formula is C13H18BrFN2. The molecule has 0 bridgehead atoms. The maximum absolute atomic E-state index is 13.6. The molecule has 4 heteroatoms. The predicted molar refractivity (Wildman–Crippen MR) is 71.6 cm³/mol. The van der Waals surface area contributed by atoms with E-state index in [1.54, 1.807) is 6.20 Å². The molecule has 0 saturated heterocycles. The van der Waals surface area contributed by atoms with Crippen molar-refractivity contribution in [3.05, 3.63) is 22.6 Å². The molecule has 17 heavy (non-hydrogen) atoms. The normalized spacial score (nSPS) is 18.5. The van der Waals surface area contributed by atoms with E-state index in [1.807, 2.05) is 0 Å². The van der Waals surface area contributed by atoms with Gasteiger partial charge in [-0.1, -0.05) is 32.1 Å². The molecule has 0 aliphatic heterocycles. The van der Waals surface area contributed by atoms with Crippen molar-refractivity contribution in [3.63, 3.8) is 0 Å². The van der Waals surface area contributed by atoms with Gasteiger partial charge in [-0.15, -0.1) is 0 Å². The minimum absolute atomic E-state index is 0.276. The molecule has 1 aliphatic rings. The van der Waals surface area contributed by atoms with Crippen molar-refractivity contribution in [2.75, 3.05) is 5.32 Å². The Labute approximate surface area is 110 Å². The molecule has 0 aromatic carbocycles. The fraction of sp³-hybridized carbons (Fsp3) is 0.615. The summed E-state index contributed by atoms with van der Waals surface area (Å²) in [5, 5.41) is 3.24. The number of anilines is 1. The Morgan fingerprint density at radius 2 is 1.82 bits per heavy atom. The van der Waals surface area contributed by atoms with Crippen LogP contribution in [0.15, 0.2) is 16.7 Å². The Hall–Kier alpha value is -0.640. The van der Waals surface area contributed by atoms with E-state index in [9.17, 15) is 4.39 Å². The van der Waals surface area contributed by atoms with E-state index in [4.69, 9.17) is 0 Å². The first-order valence-electron chi connectivity index (χ1n) is 6.33. The Balaban J connectivity index is 1.98. The van der Waals surface area contributed by atoms with Gasteiger partial charge in [0.15, 0.2) is 11.6 Å². The average molecular weight is 301 g/mol. The summed E-state index contributed by atoms with van der Waals surface area (Å²) in [7, 11) is 0. The van der Waals surface area contributed by atoms with Gasteiger partial charge in [0, 0.05) is 16.7 Å². The van der Waals surface area contributed by atoms with Crippen LogP contribution >= 0.6 is 15.9 Å². The molecule has 2 rings (SSSR count). The van der Waals surface area contributed by atoms with Crippen LogP contribution < -0.4 is 5.32 Å². The molecule has 0 atom stereocenters. The highest BCUT2D eigenvalue weighted by Gasteiger charge is 2.13. The molecule has 1 heterocycles. The first kappa shape index (κ1) is 12.8. The van der Waals surface area contributed by atoms with Gasteiger partial charge in [-0.05, 0) is 34.8 Å². The first-order valence-corrected chi connectivity index (χ1v) is 7.12. The molecule has 0 unspecified atom stereocenters. The van der Waals surface area contributed by atoms with E-state index in [2.05, 4.69) is 26.2 Å². The van der Waals surface area contributed by atoms with Crippen molar-refractivity contribution in [3.8, 4) is 0 Å². The molecule has 1 N–H and O–H groups in total. The SMILES string of the molecule is Fc1cc(Br)cnc1NC1CCCCCCC1. The number of aromatic nitrogens is 1. The molecule has 1 aromatic rings. The molecule has 94 valence electrons. The van der Waals surface area contributed by atoms with Gasteiger partial charge in [-0.25, -0.2) is 9.37 Å². The third-order valence-electron chi connectivity index (χ3n) is 3.25. The highest BCUT2D eigenvalue weighted by molar-refractivity contribution is 9.10. The summed E-state index contributed by atoms with van der Waals surface area (Å²) < 4.78 is 14.3. The molecule has 2 nitrogen and oxygen atoms in total. The van der Waals surface area contributed by atoms with Gasteiger partial charge in [0.05, 0.1) is 0 Å². The standard InChI is InChI=1S/C13H18BrFN2/c14-10-8-12(15)13(16-9-10)17-11-6-4-2-1-3-5-7-11/h8-9,11H,1-7H2,(H,16,17). The minimum atomic E-state index is -0.276. The summed E-state index contributed by atoms with van der Waals surface area (Å²) in [6.45, 7) is 0. The van der Waals surface area contributed by atoms with E-state index in [1.165, 1.54) is 38.2 Å². The fourth-order valence-corrected chi connectivity index (χ4v) is 2.62. The largest absolute Gasteiger partial charge is 0.365 e. The number of hydrogen-bond acceptors (Lipinski definition) is 2. The van der Waals surface area contributed by atoms with Crippen molar-refractivity contribution in [2.24, 2.45) is 0 Å². The smallest absolute Gasteiger partial charge is 0.166 e. The van der Waals surface area contributed by atoms with Crippen LogP contribution in [0, 0.1) is 5.82 Å². The Morgan fingerprint density at radius 3 is 2.47 bits per heavy atom. The van der Waals surface area contributed by atoms with Gasteiger partial charge in [0.25, 0.3) is 0 Å². The van der Waals surface area contributed by atoms with Gasteiger partial charge in [-0.3, -0.25) is 0 Å². The van der Waals surface area contributed by atoms with Gasteiger partial charge < -0.3 is 5.32 Å². The lowest BCUT2D eigenvalue weighted by molar-refractivity contribution is 0.468. The highest BCUT2D eigenvalue weighted by Crippen LogP contribution is 2.22. The van der Waals surface area contributed by atoms with Gasteiger partial charge in [0.2, 0.25) is 0 Å². The van der Waals surface area contributed by atoms with E-state index < -0.39 is 0 Å². The summed E-state index contributed by atoms with van der Waals surface area (Å²) in [4.78, 5) is 4.09. The Kier molecular flexibility index (Phi) is 4.77. The number of nitrogens with zero attached hydrogens (tertiary/aromatic N) is 1. The van der Waals surface area contributed by atoms with Crippen molar-refractivity contribution < 1.29 is 4.39 Å². The van der Waals surface area contributed by atoms with Crippen molar-refractivity contribution >= 4 is 21.7 Å². The topological polar surface area (TPSA) is 24.9 Å². The lowest BCUT2D eigenvalue weighted by Crippen LogP contribution is -2.21. The van der Waals surface area contributed by atoms with Crippen LogP contribution in [0.1, 0.15) is 44.9 Å². The zero-order valence-electron chi connectivity index (χ0n) is 9.88. The third kappa shape index (κ3) is 3.95. The minimum Gasteiger partial charge on any atom is -0.365 e. The lowest BCUT2D eigenvalue weighted by Gasteiger charge is -2.21. The molecular weight excluding hydrogens is 283 g/mol. The number of pyridine rings is 1. The maximum atomic E-state index is 13.6. The van der Waals surface area contributed by atoms with Gasteiger partial charge in [-0.2, -0.15) is 0 Å². The van der Waals surface area contributed by atoms with Crippen LogP contribution in [0.3, 0.4) is 0 Å². The molecule has 1 aromatic heterocycles. The Bertz CT molecular complexity index is 362. The van der Waals surface area contributed by atoms with Crippen LogP contribution in [-0.2, 0) is 0 Å². The van der Waals surface area contributed by atoms with Crippen LogP contribution in [0.5, 0.6) is 0 Å². The summed E-state index contributed by atoms with van der Waals surface area (Å²) >= 11 is 3.21. The number of nitrogens with one attached hydrogen (secondary N) is 1. The summed E-state index contributed by atoms with van der Waals surface area (Å²) in [6.07, 6.45) is 10.3. The monoisotopic (exact) mass is 300 g/mol. The quantitative estimate of drug-likeness (QED) is 0.869. The lowest BCUT2D eigenvalue weighted by atomic mass is 9.97. The predicted octanol–water partition coefficient (Wildman–Crippen LogP) is 4.51. The third-order valence-corrected chi connectivity index (χ3v) is 3.69. The van der Waals surface area contributed by atoms with Crippen LogP contribution in [0.4, 0.5) is 10.2 Å². The first-order chi connectivity index (χ1) is 8.25. The molecule has 0 amide bonds. The summed E-state index contributed by atoms with van der Waals surface area (Å²) in [5.74, 6) is 0.111. The van der Waals surface area contributed by atoms with E-state index in [0.29, 0.717) is 16.3 Å². The number of halogens is 2. The second kappa shape index (κ2) is 6.34. The molecule has 0 radical (unpaired) electrons. The van der Waals surface area contributed by atoms with Crippen LogP contribution in [0.2, 0.25) is 0 Å². The van der Waals surface area contributed by atoms with Crippen LogP contribution in [0.25, 0.3) is 0 Å². The molecule has 1 aliphatic carbocycles. The highest BCUT2D eigenvalue weighted by atomic mass is 79.9. The molecule has 1 fully saturated rings. The average Bonchev–Trinajstić information content (AvgIpc) is 2.25. The van der Waals surface area contributed by atoms with Crippen molar-refractivity contribution in [2.45, 2.75) is 51.0 Å². The van der Waals surface area contributed by atoms with Crippen LogP contribution in [-0.4, -0.2) is 11.0 Å². The van der Waals surface area contributed by atoms with E-state index >= 15 is 0 Å². The zero-order valence-corrected chi connectivity index (χ0v) is 11.5. The molecule has 1 saturated carbocycles.